The molecule has 4 nitrogen and oxygen atoms in total. The minimum atomic E-state index is -4.80. The van der Waals surface area contributed by atoms with Crippen LogP contribution in [0.4, 0.5) is 4.39 Å². The quantitative estimate of drug-likeness (QED) is 0.278. The maximum atomic E-state index is 11.2. The fourth-order valence-electron chi connectivity index (χ4n) is 0.0655. The van der Waals surface area contributed by atoms with Crippen LogP contribution in [0.3, 0.4) is 0 Å². The molecule has 0 aliphatic heterocycles. The maximum absolute atomic E-state index is 11.2. The molecule has 50 valence electrons. The van der Waals surface area contributed by atoms with Crippen LogP contribution < -0.4 is 9.79 Å². The third kappa shape index (κ3) is 5.26. The van der Waals surface area contributed by atoms with Gasteiger partial charge in [-0.1, -0.05) is 0 Å². The molecule has 0 aromatic carbocycles. The molecule has 0 radical (unpaired) electrons. The Morgan fingerprint density at radius 2 is 2.00 bits per heavy atom. The number of hydrogen-bond acceptors (Lipinski definition) is 3. The van der Waals surface area contributed by atoms with Crippen molar-refractivity contribution in [2.45, 2.75) is 0 Å². The summed E-state index contributed by atoms with van der Waals surface area (Å²) in [4.78, 5) is 19.4. The van der Waals surface area contributed by atoms with Crippen LogP contribution in [-0.4, -0.2) is 41.6 Å². The van der Waals surface area contributed by atoms with E-state index in [2.05, 4.69) is 0 Å². The van der Waals surface area contributed by atoms with Crippen LogP contribution in [0.1, 0.15) is 0 Å². The van der Waals surface area contributed by atoms with Crippen LogP contribution in [0.15, 0.2) is 0 Å². The van der Waals surface area contributed by atoms with E-state index in [9.17, 15) is 18.7 Å². The van der Waals surface area contributed by atoms with Gasteiger partial charge in [0.15, 0.2) is 0 Å². The third-order valence-electron chi connectivity index (χ3n) is 0.591. The van der Waals surface area contributed by atoms with E-state index < -0.39 is 14.5 Å². The monoisotopic (exact) mass is 165 g/mol. The summed E-state index contributed by atoms with van der Waals surface area (Å²) in [6.07, 6.45) is 0. The van der Waals surface area contributed by atoms with Crippen molar-refractivity contribution in [2.24, 2.45) is 0 Å². The number of hydrogen-bond donors (Lipinski definition) is 0. The Kier molecular flexibility index (Phi) is 6.37. The second-order valence-electron chi connectivity index (χ2n) is 1.25. The summed E-state index contributed by atoms with van der Waals surface area (Å²) in [6.45, 7) is -1.26. The fraction of sp³-hybridized carbons (Fsp3) is 1.00. The van der Waals surface area contributed by atoms with Crippen LogP contribution in [0, 0.1) is 0 Å². The number of halogens is 1. The zero-order chi connectivity index (χ0) is 6.78. The summed E-state index contributed by atoms with van der Waals surface area (Å²) in [5, 5.41) is 0. The molecule has 0 rings (SSSR count). The SMILES string of the molecule is CN(CF)P(=O)([O-])[O-].[Mg+2]. The van der Waals surface area contributed by atoms with Gasteiger partial charge in [-0.2, -0.15) is 0 Å². The van der Waals surface area contributed by atoms with Gasteiger partial charge in [0.25, 0.3) is 0 Å². The van der Waals surface area contributed by atoms with Gasteiger partial charge < -0.3 is 14.4 Å². The van der Waals surface area contributed by atoms with Crippen molar-refractivity contribution >= 4 is 30.8 Å². The molecule has 0 amide bonds. The van der Waals surface area contributed by atoms with Crippen molar-refractivity contribution in [3.05, 3.63) is 0 Å². The molecular formula is C2H5FMgNO3P. The van der Waals surface area contributed by atoms with Gasteiger partial charge in [0.1, 0.15) is 6.80 Å². The molecule has 0 aliphatic rings. The third-order valence-corrected chi connectivity index (χ3v) is 1.53. The molecule has 0 aromatic rings. The van der Waals surface area contributed by atoms with Gasteiger partial charge in [0.2, 0.25) is 0 Å². The molecule has 0 atom stereocenters. The Bertz CT molecular complexity index is 116. The molecule has 0 spiro atoms. The molecule has 7 heteroatoms. The van der Waals surface area contributed by atoms with Crippen LogP contribution in [-0.2, 0) is 4.57 Å². The summed E-state index contributed by atoms with van der Waals surface area (Å²) in [6, 6.07) is 0. The minimum absolute atomic E-state index is 0. The Morgan fingerprint density at radius 1 is 1.67 bits per heavy atom. The predicted molar refractivity (Wildman–Crippen MR) is 27.1 cm³/mol. The molecule has 0 heterocycles. The van der Waals surface area contributed by atoms with Gasteiger partial charge in [0, 0.05) is 7.75 Å². The van der Waals surface area contributed by atoms with E-state index in [-0.39, 0.29) is 27.7 Å². The average Bonchev–Trinajstić information content (AvgIpc) is 1.62. The topological polar surface area (TPSA) is 66.4 Å². The van der Waals surface area contributed by atoms with Crippen molar-refractivity contribution in [3.63, 3.8) is 0 Å². The van der Waals surface area contributed by atoms with Crippen LogP contribution in [0.25, 0.3) is 0 Å². The predicted octanol–water partition coefficient (Wildman–Crippen LogP) is -1.71. The van der Waals surface area contributed by atoms with E-state index in [1.54, 1.807) is 0 Å². The zero-order valence-corrected chi connectivity index (χ0v) is 7.22. The van der Waals surface area contributed by atoms with Crippen molar-refractivity contribution in [1.29, 1.82) is 0 Å². The first-order valence-corrected chi connectivity index (χ1v) is 3.27. The van der Waals surface area contributed by atoms with Crippen LogP contribution >= 0.6 is 7.75 Å². The van der Waals surface area contributed by atoms with E-state index in [4.69, 9.17) is 0 Å². The summed E-state index contributed by atoms with van der Waals surface area (Å²) >= 11 is 0. The van der Waals surface area contributed by atoms with E-state index in [0.29, 0.717) is 0 Å². The fourth-order valence-corrected chi connectivity index (χ4v) is 0.196. The maximum Gasteiger partial charge on any atom is 2.00 e. The molecule has 0 fully saturated rings. The van der Waals surface area contributed by atoms with Crippen LogP contribution in [0.5, 0.6) is 0 Å². The standard InChI is InChI=1S/C2H7FNO3P.Mg/c1-4(2-3)8(5,6)7;/h2H2,1H3,(H2,5,6,7);/q;+2/p-2. The van der Waals surface area contributed by atoms with Crippen molar-refractivity contribution < 1.29 is 18.7 Å². The second-order valence-corrected chi connectivity index (χ2v) is 2.87. The molecule has 9 heavy (non-hydrogen) atoms. The average molecular weight is 165 g/mol. The normalized spacial score (nSPS) is 11.2. The molecule has 0 saturated carbocycles. The summed E-state index contributed by atoms with van der Waals surface area (Å²) in [7, 11) is -3.92. The van der Waals surface area contributed by atoms with Gasteiger partial charge in [-0.05, 0) is 7.05 Å². The van der Waals surface area contributed by atoms with E-state index in [1.165, 1.54) is 0 Å². The van der Waals surface area contributed by atoms with Crippen molar-refractivity contribution in [2.75, 3.05) is 13.8 Å². The van der Waals surface area contributed by atoms with Crippen LogP contribution in [0.2, 0.25) is 0 Å². The van der Waals surface area contributed by atoms with Gasteiger partial charge >= 0.3 is 23.1 Å². The largest absolute Gasteiger partial charge is 2.00 e. The Labute approximate surface area is 68.4 Å². The smallest absolute Gasteiger partial charge is 0.799 e. The molecule has 0 saturated heterocycles. The van der Waals surface area contributed by atoms with Gasteiger partial charge in [-0.3, -0.25) is 4.67 Å². The molecule has 0 unspecified atom stereocenters. The van der Waals surface area contributed by atoms with Crippen molar-refractivity contribution in [3.8, 4) is 0 Å². The van der Waals surface area contributed by atoms with Gasteiger partial charge in [-0.25, -0.2) is 4.39 Å². The van der Waals surface area contributed by atoms with Gasteiger partial charge in [-0.15, -0.1) is 0 Å². The van der Waals surface area contributed by atoms with Crippen molar-refractivity contribution in [1.82, 2.24) is 4.67 Å². The first kappa shape index (κ1) is 12.5. The first-order valence-electron chi connectivity index (χ1n) is 1.78. The van der Waals surface area contributed by atoms with E-state index in [1.807, 2.05) is 0 Å². The second kappa shape index (κ2) is 4.60. The Balaban J connectivity index is 0. The molecule has 0 bridgehead atoms. The minimum Gasteiger partial charge on any atom is -0.799 e. The Hall–Kier alpha value is 0.806. The molecular weight excluding hydrogens is 160 g/mol. The number of nitrogens with zero attached hydrogens (tertiary/aromatic N) is 1. The number of rotatable bonds is 2. The summed E-state index contributed by atoms with van der Waals surface area (Å²) in [5.41, 5.74) is 0. The molecule has 0 aromatic heterocycles. The van der Waals surface area contributed by atoms with E-state index in [0.717, 1.165) is 7.05 Å². The van der Waals surface area contributed by atoms with E-state index >= 15 is 0 Å². The zero-order valence-electron chi connectivity index (χ0n) is 4.91. The molecule has 0 aliphatic carbocycles. The Morgan fingerprint density at radius 3 is 2.00 bits per heavy atom. The molecule has 0 N–H and O–H groups in total. The summed E-state index contributed by atoms with van der Waals surface area (Å²) in [5.74, 6) is 0. The van der Waals surface area contributed by atoms with Gasteiger partial charge in [0.05, 0.1) is 0 Å². The first-order chi connectivity index (χ1) is 3.48. The summed E-state index contributed by atoms with van der Waals surface area (Å²) < 4.78 is 21.0. The number of alkyl halides is 1.